The topological polar surface area (TPSA) is 18.5 Å². The summed E-state index contributed by atoms with van der Waals surface area (Å²) < 4.78 is 11.4. The van der Waals surface area contributed by atoms with E-state index < -0.39 is 0 Å². The molecule has 0 aliphatic rings. The van der Waals surface area contributed by atoms with Gasteiger partial charge in [-0.25, -0.2) is 0 Å². The maximum atomic E-state index is 5.71. The van der Waals surface area contributed by atoms with Crippen molar-refractivity contribution in [2.24, 2.45) is 0 Å². The molecule has 2 nitrogen and oxygen atoms in total. The summed E-state index contributed by atoms with van der Waals surface area (Å²) in [5.41, 5.74) is 2.66. The third-order valence-electron chi connectivity index (χ3n) is 3.49. The lowest BCUT2D eigenvalue weighted by atomic mass is 10.2. The second kappa shape index (κ2) is 9.60. The van der Waals surface area contributed by atoms with E-state index in [0.717, 1.165) is 31.6 Å². The second-order valence-corrected chi connectivity index (χ2v) is 5.20. The van der Waals surface area contributed by atoms with Crippen LogP contribution >= 0.6 is 0 Å². The first-order chi connectivity index (χ1) is 9.65. The normalized spacial score (nSPS) is 13.3. The third-order valence-corrected chi connectivity index (χ3v) is 3.49. The quantitative estimate of drug-likeness (QED) is 0.604. The van der Waals surface area contributed by atoms with Gasteiger partial charge in [-0.05, 0) is 56.9 Å². The van der Waals surface area contributed by atoms with Gasteiger partial charge in [-0.2, -0.15) is 0 Å². The van der Waals surface area contributed by atoms with Crippen LogP contribution in [0, 0.1) is 0 Å². The second-order valence-electron chi connectivity index (χ2n) is 5.20. The van der Waals surface area contributed by atoms with Gasteiger partial charge in [0.1, 0.15) is 12.4 Å². The maximum Gasteiger partial charge on any atom is 0.119 e. The van der Waals surface area contributed by atoms with Gasteiger partial charge in [0.2, 0.25) is 0 Å². The summed E-state index contributed by atoms with van der Waals surface area (Å²) in [4.78, 5) is 0. The van der Waals surface area contributed by atoms with Crippen LogP contribution in [0.3, 0.4) is 0 Å². The van der Waals surface area contributed by atoms with Crippen LogP contribution in [0.25, 0.3) is 0 Å². The monoisotopic (exact) mass is 276 g/mol. The van der Waals surface area contributed by atoms with Gasteiger partial charge in [-0.3, -0.25) is 0 Å². The SMILES string of the molecule is CCc1ccc(OCC=C(C)CCOC(C)CC)cc1. The Morgan fingerprint density at radius 1 is 1.20 bits per heavy atom. The maximum absolute atomic E-state index is 5.71. The zero-order valence-electron chi connectivity index (χ0n) is 13.3. The van der Waals surface area contributed by atoms with Crippen molar-refractivity contribution in [1.29, 1.82) is 0 Å². The molecule has 0 radical (unpaired) electrons. The summed E-state index contributed by atoms with van der Waals surface area (Å²) >= 11 is 0. The lowest BCUT2D eigenvalue weighted by Crippen LogP contribution is -2.07. The molecule has 0 saturated carbocycles. The fourth-order valence-electron chi connectivity index (χ4n) is 1.74. The first-order valence-corrected chi connectivity index (χ1v) is 7.64. The number of benzene rings is 1. The Balaban J connectivity index is 2.25. The first-order valence-electron chi connectivity index (χ1n) is 7.64. The molecule has 0 aromatic heterocycles. The van der Waals surface area contributed by atoms with Crippen molar-refractivity contribution in [3.8, 4) is 5.75 Å². The Kier molecular flexibility index (Phi) is 8.05. The Hall–Kier alpha value is -1.28. The van der Waals surface area contributed by atoms with Crippen molar-refractivity contribution in [2.75, 3.05) is 13.2 Å². The molecule has 0 bridgehead atoms. The van der Waals surface area contributed by atoms with E-state index in [0.29, 0.717) is 12.7 Å². The average molecular weight is 276 g/mol. The molecule has 2 heteroatoms. The van der Waals surface area contributed by atoms with E-state index in [1.54, 1.807) is 0 Å². The summed E-state index contributed by atoms with van der Waals surface area (Å²) in [5, 5.41) is 0. The van der Waals surface area contributed by atoms with Gasteiger partial charge in [0, 0.05) is 0 Å². The Bertz CT molecular complexity index is 392. The highest BCUT2D eigenvalue weighted by Crippen LogP contribution is 2.13. The minimum Gasteiger partial charge on any atom is -0.490 e. The summed E-state index contributed by atoms with van der Waals surface area (Å²) in [6.07, 6.45) is 5.60. The number of hydrogen-bond acceptors (Lipinski definition) is 2. The molecule has 0 aliphatic carbocycles. The van der Waals surface area contributed by atoms with Crippen molar-refractivity contribution in [2.45, 2.75) is 53.1 Å². The molecule has 0 amide bonds. The molecular formula is C18H28O2. The zero-order valence-corrected chi connectivity index (χ0v) is 13.3. The zero-order chi connectivity index (χ0) is 14.8. The van der Waals surface area contributed by atoms with E-state index in [9.17, 15) is 0 Å². The van der Waals surface area contributed by atoms with Gasteiger partial charge in [0.15, 0.2) is 0 Å². The number of aryl methyl sites for hydroxylation is 1. The van der Waals surface area contributed by atoms with E-state index in [1.807, 2.05) is 12.1 Å². The van der Waals surface area contributed by atoms with Crippen molar-refractivity contribution < 1.29 is 9.47 Å². The van der Waals surface area contributed by atoms with Gasteiger partial charge in [0.05, 0.1) is 12.7 Å². The molecule has 0 N–H and O–H groups in total. The minimum atomic E-state index is 0.358. The molecule has 1 aromatic carbocycles. The molecule has 0 spiro atoms. The van der Waals surface area contributed by atoms with E-state index in [-0.39, 0.29) is 0 Å². The minimum absolute atomic E-state index is 0.358. The highest BCUT2D eigenvalue weighted by atomic mass is 16.5. The van der Waals surface area contributed by atoms with E-state index >= 15 is 0 Å². The van der Waals surface area contributed by atoms with E-state index in [2.05, 4.69) is 45.9 Å². The van der Waals surface area contributed by atoms with Crippen LogP contribution in [0.15, 0.2) is 35.9 Å². The number of rotatable bonds is 9. The first kappa shape index (κ1) is 16.8. The van der Waals surface area contributed by atoms with Crippen LogP contribution in [0.5, 0.6) is 5.75 Å². The standard InChI is InChI=1S/C18H28O2/c1-5-16(4)19-13-11-15(3)12-14-20-18-9-7-17(6-2)8-10-18/h7-10,12,16H,5-6,11,13-14H2,1-4H3. The van der Waals surface area contributed by atoms with Gasteiger partial charge in [-0.15, -0.1) is 0 Å². The van der Waals surface area contributed by atoms with Gasteiger partial charge in [0.25, 0.3) is 0 Å². The number of hydrogen-bond donors (Lipinski definition) is 0. The Labute approximate surface area is 123 Å². The van der Waals surface area contributed by atoms with Crippen molar-refractivity contribution in [3.05, 3.63) is 41.5 Å². The van der Waals surface area contributed by atoms with E-state index in [1.165, 1.54) is 11.1 Å². The predicted molar refractivity (Wildman–Crippen MR) is 85.4 cm³/mol. The van der Waals surface area contributed by atoms with Gasteiger partial charge < -0.3 is 9.47 Å². The van der Waals surface area contributed by atoms with E-state index in [4.69, 9.17) is 9.47 Å². The summed E-state index contributed by atoms with van der Waals surface area (Å²) in [5.74, 6) is 0.933. The van der Waals surface area contributed by atoms with Crippen LogP contribution in [0.1, 0.15) is 46.1 Å². The molecule has 0 fully saturated rings. The molecule has 1 atom stereocenters. The van der Waals surface area contributed by atoms with Crippen molar-refractivity contribution in [1.82, 2.24) is 0 Å². The highest BCUT2D eigenvalue weighted by Gasteiger charge is 1.98. The van der Waals surface area contributed by atoms with Crippen LogP contribution in [-0.4, -0.2) is 19.3 Å². The average Bonchev–Trinajstić information content (AvgIpc) is 2.47. The lowest BCUT2D eigenvalue weighted by Gasteiger charge is -2.10. The fourth-order valence-corrected chi connectivity index (χ4v) is 1.74. The predicted octanol–water partition coefficient (Wildman–Crippen LogP) is 4.78. The van der Waals surface area contributed by atoms with Gasteiger partial charge in [-0.1, -0.05) is 31.6 Å². The Morgan fingerprint density at radius 3 is 2.50 bits per heavy atom. The largest absolute Gasteiger partial charge is 0.490 e. The number of ether oxygens (including phenoxy) is 2. The molecule has 0 saturated heterocycles. The van der Waals surface area contributed by atoms with Crippen molar-refractivity contribution in [3.63, 3.8) is 0 Å². The molecular weight excluding hydrogens is 248 g/mol. The molecule has 112 valence electrons. The molecule has 0 aliphatic heterocycles. The molecule has 20 heavy (non-hydrogen) atoms. The van der Waals surface area contributed by atoms with Crippen LogP contribution in [0.4, 0.5) is 0 Å². The summed E-state index contributed by atoms with van der Waals surface area (Å²) in [6, 6.07) is 8.31. The third kappa shape index (κ3) is 6.76. The highest BCUT2D eigenvalue weighted by molar-refractivity contribution is 5.27. The summed E-state index contributed by atoms with van der Waals surface area (Å²) in [6.45, 7) is 9.96. The lowest BCUT2D eigenvalue weighted by molar-refractivity contribution is 0.0659. The summed E-state index contributed by atoms with van der Waals surface area (Å²) in [7, 11) is 0. The molecule has 1 aromatic rings. The Morgan fingerprint density at radius 2 is 1.90 bits per heavy atom. The van der Waals surface area contributed by atoms with Gasteiger partial charge >= 0.3 is 0 Å². The molecule has 1 unspecified atom stereocenters. The van der Waals surface area contributed by atoms with Crippen LogP contribution in [0.2, 0.25) is 0 Å². The van der Waals surface area contributed by atoms with Crippen LogP contribution in [-0.2, 0) is 11.2 Å². The van der Waals surface area contributed by atoms with Crippen LogP contribution < -0.4 is 4.74 Å². The fraction of sp³-hybridized carbons (Fsp3) is 0.556. The molecule has 0 heterocycles. The molecule has 1 rings (SSSR count). The smallest absolute Gasteiger partial charge is 0.119 e. The van der Waals surface area contributed by atoms with Crippen molar-refractivity contribution >= 4 is 0 Å².